The molecule has 8 nitrogen and oxygen atoms in total. The third-order valence-electron chi connectivity index (χ3n) is 4.31. The molecule has 150 valence electrons. The maximum Gasteiger partial charge on any atom is 0.412 e. The fourth-order valence-corrected chi connectivity index (χ4v) is 2.95. The summed E-state index contributed by atoms with van der Waals surface area (Å²) in [5.41, 5.74) is 1.08. The van der Waals surface area contributed by atoms with Crippen molar-refractivity contribution in [3.05, 3.63) is 24.0 Å². The molecule has 2 heterocycles. The van der Waals surface area contributed by atoms with Crippen LogP contribution in [-0.2, 0) is 20.8 Å². The molecule has 0 aromatic carbocycles. The average Bonchev–Trinajstić information content (AvgIpc) is 2.61. The van der Waals surface area contributed by atoms with Gasteiger partial charge in [-0.05, 0) is 58.3 Å². The molecule has 0 radical (unpaired) electrons. The van der Waals surface area contributed by atoms with E-state index in [1.807, 2.05) is 26.8 Å². The minimum absolute atomic E-state index is 0.413. The van der Waals surface area contributed by atoms with Crippen LogP contribution in [0.4, 0.5) is 10.5 Å². The van der Waals surface area contributed by atoms with Crippen LogP contribution in [0.15, 0.2) is 18.5 Å². The molecule has 2 rings (SSSR count). The number of piperidine rings is 1. The average molecular weight is 378 g/mol. The van der Waals surface area contributed by atoms with E-state index in [1.165, 1.54) is 0 Å². The molecule has 0 aliphatic carbocycles. The number of amides is 1. The number of carbonyl (C=O) groups is 2. The van der Waals surface area contributed by atoms with E-state index in [0.29, 0.717) is 31.4 Å². The van der Waals surface area contributed by atoms with Crippen LogP contribution in [0.5, 0.6) is 0 Å². The second-order valence-corrected chi connectivity index (χ2v) is 7.62. The summed E-state index contributed by atoms with van der Waals surface area (Å²) < 4.78 is 10.1. The molecule has 0 unspecified atom stereocenters. The zero-order valence-electron chi connectivity index (χ0n) is 16.4. The Morgan fingerprint density at radius 2 is 2.11 bits per heavy atom. The van der Waals surface area contributed by atoms with Crippen molar-refractivity contribution in [2.24, 2.45) is 0 Å². The molecular formula is C19H30N4O4. The third kappa shape index (κ3) is 7.92. The summed E-state index contributed by atoms with van der Waals surface area (Å²) in [6.07, 6.45) is 4.92. The number of pyridine rings is 1. The van der Waals surface area contributed by atoms with Crippen molar-refractivity contribution < 1.29 is 19.1 Å². The highest BCUT2D eigenvalue weighted by atomic mass is 16.6. The maximum atomic E-state index is 12.0. The molecule has 1 saturated heterocycles. The first-order valence-electron chi connectivity index (χ1n) is 9.31. The lowest BCUT2D eigenvalue weighted by Gasteiger charge is -2.32. The zero-order valence-corrected chi connectivity index (χ0v) is 16.4. The van der Waals surface area contributed by atoms with E-state index in [-0.39, 0.29) is 0 Å². The van der Waals surface area contributed by atoms with Crippen molar-refractivity contribution in [3.8, 4) is 0 Å². The molecule has 1 aliphatic heterocycles. The van der Waals surface area contributed by atoms with E-state index in [9.17, 15) is 9.59 Å². The Morgan fingerprint density at radius 3 is 2.78 bits per heavy atom. The van der Waals surface area contributed by atoms with Crippen molar-refractivity contribution in [2.45, 2.75) is 51.8 Å². The normalized spacial score (nSPS) is 16.0. The Kier molecular flexibility index (Phi) is 7.99. The Balaban J connectivity index is 1.79. The van der Waals surface area contributed by atoms with Gasteiger partial charge in [-0.15, -0.1) is 0 Å². The molecule has 1 aliphatic rings. The van der Waals surface area contributed by atoms with Crippen molar-refractivity contribution in [2.75, 3.05) is 31.6 Å². The highest BCUT2D eigenvalue weighted by Gasteiger charge is 2.20. The van der Waals surface area contributed by atoms with Gasteiger partial charge in [0.2, 0.25) is 0 Å². The lowest BCUT2D eigenvalue weighted by molar-refractivity contribution is -0.129. The summed E-state index contributed by atoms with van der Waals surface area (Å²) in [4.78, 5) is 28.6. The van der Waals surface area contributed by atoms with Crippen LogP contribution in [0.2, 0.25) is 0 Å². The Labute approximate surface area is 160 Å². The minimum Gasteiger partial charge on any atom is -0.467 e. The lowest BCUT2D eigenvalue weighted by atomic mass is 10.0. The van der Waals surface area contributed by atoms with Gasteiger partial charge in [0.25, 0.3) is 6.47 Å². The first-order chi connectivity index (χ1) is 12.9. The molecule has 2 N–H and O–H groups in total. The van der Waals surface area contributed by atoms with Gasteiger partial charge in [-0.1, -0.05) is 0 Å². The van der Waals surface area contributed by atoms with Crippen LogP contribution in [-0.4, -0.2) is 60.3 Å². The van der Waals surface area contributed by atoms with Crippen LogP contribution in [0, 0.1) is 0 Å². The number of nitrogens with one attached hydrogen (secondary N) is 2. The van der Waals surface area contributed by atoms with Gasteiger partial charge in [0.15, 0.2) is 0 Å². The van der Waals surface area contributed by atoms with Gasteiger partial charge in [-0.3, -0.25) is 20.0 Å². The molecule has 0 atom stereocenters. The van der Waals surface area contributed by atoms with Crippen LogP contribution < -0.4 is 10.6 Å². The van der Waals surface area contributed by atoms with E-state index < -0.39 is 11.7 Å². The smallest absolute Gasteiger partial charge is 0.412 e. The number of carbonyl (C=O) groups excluding carboxylic acids is 2. The van der Waals surface area contributed by atoms with E-state index in [0.717, 1.165) is 38.0 Å². The second kappa shape index (κ2) is 10.2. The Morgan fingerprint density at radius 1 is 1.37 bits per heavy atom. The SMILES string of the molecule is CC(C)(C)OC(=O)Nc1cnccc1CNC1CCN(CCOC=O)CC1. The summed E-state index contributed by atoms with van der Waals surface area (Å²) in [6, 6.07) is 2.31. The number of hydrogen-bond donors (Lipinski definition) is 2. The molecule has 0 bridgehead atoms. The monoisotopic (exact) mass is 378 g/mol. The summed E-state index contributed by atoms with van der Waals surface area (Å²) >= 11 is 0. The molecule has 0 spiro atoms. The standard InChI is InChI=1S/C19H30N4O4/c1-19(2,3)27-18(25)22-17-13-20-7-4-15(17)12-21-16-5-8-23(9-6-16)10-11-26-14-24/h4,7,13-14,16,21H,5-6,8-12H2,1-3H3,(H,22,25). The topological polar surface area (TPSA) is 92.8 Å². The number of ether oxygens (including phenoxy) is 2. The van der Waals surface area contributed by atoms with Gasteiger partial charge in [0, 0.05) is 25.3 Å². The van der Waals surface area contributed by atoms with Gasteiger partial charge in [-0.25, -0.2) is 4.79 Å². The predicted molar refractivity (Wildman–Crippen MR) is 102 cm³/mol. The van der Waals surface area contributed by atoms with Gasteiger partial charge in [0.05, 0.1) is 11.9 Å². The number of nitrogens with zero attached hydrogens (tertiary/aromatic N) is 2. The first kappa shape index (κ1) is 21.1. The molecule has 1 aromatic heterocycles. The summed E-state index contributed by atoms with van der Waals surface area (Å²) in [6.45, 7) is 9.79. The molecule has 27 heavy (non-hydrogen) atoms. The number of aromatic nitrogens is 1. The fraction of sp³-hybridized carbons (Fsp3) is 0.632. The van der Waals surface area contributed by atoms with Crippen molar-refractivity contribution in [1.29, 1.82) is 0 Å². The van der Waals surface area contributed by atoms with E-state index >= 15 is 0 Å². The third-order valence-corrected chi connectivity index (χ3v) is 4.31. The largest absolute Gasteiger partial charge is 0.467 e. The summed E-state index contributed by atoms with van der Waals surface area (Å²) in [7, 11) is 0. The predicted octanol–water partition coefficient (Wildman–Crippen LogP) is 2.16. The Hall–Kier alpha value is -2.19. The molecule has 1 aromatic rings. The van der Waals surface area contributed by atoms with E-state index in [1.54, 1.807) is 12.4 Å². The van der Waals surface area contributed by atoms with Gasteiger partial charge in [-0.2, -0.15) is 0 Å². The molecule has 0 saturated carbocycles. The van der Waals surface area contributed by atoms with Crippen LogP contribution in [0.3, 0.4) is 0 Å². The van der Waals surface area contributed by atoms with Crippen LogP contribution in [0.1, 0.15) is 39.2 Å². The van der Waals surface area contributed by atoms with Crippen LogP contribution in [0.25, 0.3) is 0 Å². The second-order valence-electron chi connectivity index (χ2n) is 7.62. The molecule has 8 heteroatoms. The minimum atomic E-state index is -0.546. The number of likely N-dealkylation sites (tertiary alicyclic amines) is 1. The first-order valence-corrected chi connectivity index (χ1v) is 9.31. The highest BCUT2D eigenvalue weighted by molar-refractivity contribution is 5.85. The number of hydrogen-bond acceptors (Lipinski definition) is 7. The zero-order chi connectivity index (χ0) is 19.7. The highest BCUT2D eigenvalue weighted by Crippen LogP contribution is 2.17. The van der Waals surface area contributed by atoms with Crippen molar-refractivity contribution >= 4 is 18.3 Å². The Bertz CT molecular complexity index is 610. The molecule has 1 amide bonds. The van der Waals surface area contributed by atoms with E-state index in [2.05, 4.69) is 20.5 Å². The molecular weight excluding hydrogens is 348 g/mol. The van der Waals surface area contributed by atoms with Gasteiger partial charge >= 0.3 is 6.09 Å². The van der Waals surface area contributed by atoms with Crippen LogP contribution >= 0.6 is 0 Å². The summed E-state index contributed by atoms with van der Waals surface area (Å²) in [5.74, 6) is 0. The quantitative estimate of drug-likeness (QED) is 0.529. The number of anilines is 1. The fourth-order valence-electron chi connectivity index (χ4n) is 2.95. The van der Waals surface area contributed by atoms with Crippen molar-refractivity contribution in [3.63, 3.8) is 0 Å². The number of rotatable bonds is 8. The lowest BCUT2D eigenvalue weighted by Crippen LogP contribution is -2.43. The van der Waals surface area contributed by atoms with Gasteiger partial charge < -0.3 is 14.8 Å². The van der Waals surface area contributed by atoms with E-state index in [4.69, 9.17) is 9.47 Å². The van der Waals surface area contributed by atoms with Crippen molar-refractivity contribution in [1.82, 2.24) is 15.2 Å². The maximum absolute atomic E-state index is 12.0. The van der Waals surface area contributed by atoms with Gasteiger partial charge in [0.1, 0.15) is 12.2 Å². The molecule has 1 fully saturated rings. The summed E-state index contributed by atoms with van der Waals surface area (Å²) in [5, 5.41) is 6.33.